The van der Waals surface area contributed by atoms with Crippen molar-refractivity contribution in [1.29, 1.82) is 0 Å². The average Bonchev–Trinajstić information content (AvgIpc) is 2.36. The summed E-state index contributed by atoms with van der Waals surface area (Å²) in [7, 11) is 0. The quantitative estimate of drug-likeness (QED) is 0.854. The molecule has 19 heavy (non-hydrogen) atoms. The first kappa shape index (κ1) is 14.1. The Labute approximate surface area is 115 Å². The second-order valence-corrected chi connectivity index (χ2v) is 5.35. The summed E-state index contributed by atoms with van der Waals surface area (Å²) >= 11 is 0. The summed E-state index contributed by atoms with van der Waals surface area (Å²) in [6.45, 7) is 8.21. The fourth-order valence-corrected chi connectivity index (χ4v) is 2.52. The number of anilines is 1. The summed E-state index contributed by atoms with van der Waals surface area (Å²) < 4.78 is 0. The van der Waals surface area contributed by atoms with Gasteiger partial charge in [-0.25, -0.2) is 0 Å². The van der Waals surface area contributed by atoms with E-state index in [1.165, 1.54) is 11.1 Å². The van der Waals surface area contributed by atoms with E-state index in [0.29, 0.717) is 5.92 Å². The highest BCUT2D eigenvalue weighted by atomic mass is 16.1. The molecule has 1 unspecified atom stereocenters. The van der Waals surface area contributed by atoms with Crippen molar-refractivity contribution in [1.82, 2.24) is 5.32 Å². The molecular weight excluding hydrogens is 236 g/mol. The van der Waals surface area contributed by atoms with Crippen LogP contribution < -0.4 is 10.6 Å². The lowest BCUT2D eigenvalue weighted by atomic mass is 9.88. The van der Waals surface area contributed by atoms with Crippen molar-refractivity contribution in [2.75, 3.05) is 18.4 Å². The van der Waals surface area contributed by atoms with Crippen LogP contribution in [0.3, 0.4) is 0 Å². The van der Waals surface area contributed by atoms with Gasteiger partial charge in [0.25, 0.3) is 0 Å². The van der Waals surface area contributed by atoms with Gasteiger partial charge < -0.3 is 10.6 Å². The molecule has 104 valence electrons. The van der Waals surface area contributed by atoms with Crippen molar-refractivity contribution >= 4 is 11.6 Å². The molecule has 3 nitrogen and oxygen atoms in total. The maximum Gasteiger partial charge on any atom is 0.227 e. The lowest BCUT2D eigenvalue weighted by molar-refractivity contribution is -0.121. The lowest BCUT2D eigenvalue weighted by Gasteiger charge is -2.32. The van der Waals surface area contributed by atoms with Gasteiger partial charge in [-0.05, 0) is 43.0 Å². The van der Waals surface area contributed by atoms with Crippen molar-refractivity contribution in [3.63, 3.8) is 0 Å². The third kappa shape index (κ3) is 2.98. The maximum absolute atomic E-state index is 12.3. The monoisotopic (exact) mass is 260 g/mol. The minimum atomic E-state index is 0.0795. The average molecular weight is 260 g/mol. The zero-order valence-electron chi connectivity index (χ0n) is 12.1. The minimum absolute atomic E-state index is 0.0795. The Morgan fingerprint density at radius 3 is 2.32 bits per heavy atom. The van der Waals surface area contributed by atoms with Crippen LogP contribution in [0.25, 0.3) is 0 Å². The van der Waals surface area contributed by atoms with Gasteiger partial charge in [-0.3, -0.25) is 4.79 Å². The van der Waals surface area contributed by atoms with Gasteiger partial charge >= 0.3 is 0 Å². The summed E-state index contributed by atoms with van der Waals surface area (Å²) in [5.74, 6) is 0.719. The molecule has 1 aliphatic heterocycles. The number of nitrogens with one attached hydrogen (secondary N) is 2. The van der Waals surface area contributed by atoms with Crippen LogP contribution in [0.4, 0.5) is 5.69 Å². The standard InChI is InChI=1S/C16H24N2O/c1-4-12-7-6-8-13(5-2)15(12)18-16(19)11(3)14-9-17-10-14/h6-8,11,14,17H,4-5,9-10H2,1-3H3,(H,18,19). The van der Waals surface area contributed by atoms with Crippen molar-refractivity contribution in [3.05, 3.63) is 29.3 Å². The van der Waals surface area contributed by atoms with Gasteiger partial charge in [-0.15, -0.1) is 0 Å². The predicted octanol–water partition coefficient (Wildman–Crippen LogP) is 2.61. The Kier molecular flexibility index (Phi) is 4.59. The third-order valence-corrected chi connectivity index (χ3v) is 4.18. The molecule has 1 fully saturated rings. The summed E-state index contributed by atoms with van der Waals surface area (Å²) in [5, 5.41) is 6.39. The molecule has 1 saturated heterocycles. The van der Waals surface area contributed by atoms with E-state index in [9.17, 15) is 4.79 Å². The highest BCUT2D eigenvalue weighted by molar-refractivity contribution is 5.94. The first-order valence-electron chi connectivity index (χ1n) is 7.29. The molecule has 1 aliphatic rings. The number of hydrogen-bond acceptors (Lipinski definition) is 2. The molecule has 1 amide bonds. The molecule has 0 spiro atoms. The minimum Gasteiger partial charge on any atom is -0.325 e. The highest BCUT2D eigenvalue weighted by Gasteiger charge is 2.29. The van der Waals surface area contributed by atoms with E-state index >= 15 is 0 Å². The molecule has 1 atom stereocenters. The Balaban J connectivity index is 2.14. The van der Waals surface area contributed by atoms with Crippen LogP contribution in [0.5, 0.6) is 0 Å². The lowest BCUT2D eigenvalue weighted by Crippen LogP contribution is -2.48. The molecule has 0 radical (unpaired) electrons. The van der Waals surface area contributed by atoms with Crippen molar-refractivity contribution in [3.8, 4) is 0 Å². The first-order chi connectivity index (χ1) is 9.17. The second-order valence-electron chi connectivity index (χ2n) is 5.35. The molecular formula is C16H24N2O. The Morgan fingerprint density at radius 1 is 1.32 bits per heavy atom. The van der Waals surface area contributed by atoms with Crippen LogP contribution in [0.1, 0.15) is 31.9 Å². The van der Waals surface area contributed by atoms with Gasteiger partial charge in [-0.2, -0.15) is 0 Å². The number of benzene rings is 1. The number of carbonyl (C=O) groups excluding carboxylic acids is 1. The summed E-state index contributed by atoms with van der Waals surface area (Å²) in [6.07, 6.45) is 1.89. The molecule has 0 bridgehead atoms. The summed E-state index contributed by atoms with van der Waals surface area (Å²) in [4.78, 5) is 12.3. The second kappa shape index (κ2) is 6.20. The summed E-state index contributed by atoms with van der Waals surface area (Å²) in [5.41, 5.74) is 3.50. The Morgan fingerprint density at radius 2 is 1.89 bits per heavy atom. The van der Waals surface area contributed by atoms with E-state index < -0.39 is 0 Å². The van der Waals surface area contributed by atoms with Crippen LogP contribution in [0.15, 0.2) is 18.2 Å². The van der Waals surface area contributed by atoms with Gasteiger partial charge in [0.1, 0.15) is 0 Å². The van der Waals surface area contributed by atoms with Gasteiger partial charge in [-0.1, -0.05) is 39.0 Å². The van der Waals surface area contributed by atoms with E-state index in [1.807, 2.05) is 6.92 Å². The molecule has 2 rings (SSSR count). The van der Waals surface area contributed by atoms with Gasteiger partial charge in [0.05, 0.1) is 0 Å². The van der Waals surface area contributed by atoms with Crippen LogP contribution in [0.2, 0.25) is 0 Å². The molecule has 0 aliphatic carbocycles. The van der Waals surface area contributed by atoms with Gasteiger partial charge in [0.2, 0.25) is 5.91 Å². The molecule has 1 heterocycles. The van der Waals surface area contributed by atoms with Crippen molar-refractivity contribution in [2.24, 2.45) is 11.8 Å². The number of para-hydroxylation sites is 1. The van der Waals surface area contributed by atoms with Crippen LogP contribution in [0, 0.1) is 11.8 Å². The van der Waals surface area contributed by atoms with E-state index in [1.54, 1.807) is 0 Å². The molecule has 0 saturated carbocycles. The number of rotatable bonds is 5. The molecule has 1 aromatic carbocycles. The maximum atomic E-state index is 12.3. The number of carbonyl (C=O) groups is 1. The van der Waals surface area contributed by atoms with E-state index in [4.69, 9.17) is 0 Å². The smallest absolute Gasteiger partial charge is 0.227 e. The topological polar surface area (TPSA) is 41.1 Å². The Bertz CT molecular complexity index is 430. The summed E-state index contributed by atoms with van der Waals surface area (Å²) in [6, 6.07) is 6.28. The fraction of sp³-hybridized carbons (Fsp3) is 0.562. The van der Waals surface area contributed by atoms with Crippen molar-refractivity contribution < 1.29 is 4.79 Å². The van der Waals surface area contributed by atoms with Crippen LogP contribution >= 0.6 is 0 Å². The molecule has 3 heteroatoms. The van der Waals surface area contributed by atoms with Crippen molar-refractivity contribution in [2.45, 2.75) is 33.6 Å². The molecule has 0 aromatic heterocycles. The number of amides is 1. The Hall–Kier alpha value is -1.35. The third-order valence-electron chi connectivity index (χ3n) is 4.18. The first-order valence-corrected chi connectivity index (χ1v) is 7.29. The predicted molar refractivity (Wildman–Crippen MR) is 79.4 cm³/mol. The fourth-order valence-electron chi connectivity index (χ4n) is 2.52. The normalized spacial score (nSPS) is 16.8. The van der Waals surface area contributed by atoms with Crippen LogP contribution in [-0.2, 0) is 17.6 Å². The largest absolute Gasteiger partial charge is 0.325 e. The van der Waals surface area contributed by atoms with E-state index in [-0.39, 0.29) is 11.8 Å². The molecule has 1 aromatic rings. The zero-order valence-corrected chi connectivity index (χ0v) is 12.1. The SMILES string of the molecule is CCc1cccc(CC)c1NC(=O)C(C)C1CNC1. The zero-order chi connectivity index (χ0) is 13.8. The van der Waals surface area contributed by atoms with Crippen LogP contribution in [-0.4, -0.2) is 19.0 Å². The highest BCUT2D eigenvalue weighted by Crippen LogP contribution is 2.25. The number of hydrogen-bond donors (Lipinski definition) is 2. The van der Waals surface area contributed by atoms with Gasteiger partial charge in [0, 0.05) is 11.6 Å². The molecule has 2 N–H and O–H groups in total. The van der Waals surface area contributed by atoms with E-state index in [0.717, 1.165) is 31.6 Å². The van der Waals surface area contributed by atoms with Gasteiger partial charge in [0.15, 0.2) is 0 Å². The van der Waals surface area contributed by atoms with E-state index in [2.05, 4.69) is 42.7 Å². The number of aryl methyl sites for hydroxylation is 2.